The molecule has 1 aromatic rings. The number of ketones is 1. The van der Waals surface area contributed by atoms with E-state index in [1.807, 2.05) is 0 Å². The van der Waals surface area contributed by atoms with E-state index in [9.17, 15) is 4.79 Å². The monoisotopic (exact) mass is 217 g/mol. The van der Waals surface area contributed by atoms with Gasteiger partial charge in [0.15, 0.2) is 0 Å². The molecule has 0 atom stereocenters. The minimum absolute atomic E-state index is 0.402. The molecule has 2 heteroatoms. The van der Waals surface area contributed by atoms with Gasteiger partial charge in [-0.05, 0) is 31.9 Å². The van der Waals surface area contributed by atoms with Crippen molar-refractivity contribution in [3.05, 3.63) is 28.8 Å². The van der Waals surface area contributed by atoms with Crippen LogP contribution in [0.3, 0.4) is 0 Å². The summed E-state index contributed by atoms with van der Waals surface area (Å²) < 4.78 is 0. The molecule has 1 aliphatic rings. The zero-order valence-corrected chi connectivity index (χ0v) is 10.3. The predicted molar refractivity (Wildman–Crippen MR) is 67.1 cm³/mol. The third-order valence-electron chi connectivity index (χ3n) is 3.27. The molecule has 0 N–H and O–H groups in total. The molecule has 1 aliphatic heterocycles. The molecule has 0 aliphatic carbocycles. The van der Waals surface area contributed by atoms with Gasteiger partial charge < -0.3 is 4.90 Å². The van der Waals surface area contributed by atoms with E-state index in [4.69, 9.17) is 0 Å². The highest BCUT2D eigenvalue weighted by Gasteiger charge is 2.19. The van der Waals surface area contributed by atoms with E-state index in [1.54, 1.807) is 0 Å². The number of benzene rings is 1. The van der Waals surface area contributed by atoms with Crippen LogP contribution in [0.25, 0.3) is 0 Å². The summed E-state index contributed by atoms with van der Waals surface area (Å²) >= 11 is 0. The topological polar surface area (TPSA) is 20.3 Å². The second-order valence-electron chi connectivity index (χ2n) is 4.77. The Kier molecular flexibility index (Phi) is 2.99. The van der Waals surface area contributed by atoms with Crippen molar-refractivity contribution in [1.82, 2.24) is 0 Å². The molecule has 0 amide bonds. The maximum Gasteiger partial charge on any atom is 0.136 e. The van der Waals surface area contributed by atoms with Crippen molar-refractivity contribution in [1.29, 1.82) is 0 Å². The van der Waals surface area contributed by atoms with Gasteiger partial charge in [-0.1, -0.05) is 17.7 Å². The molecule has 0 spiro atoms. The van der Waals surface area contributed by atoms with Crippen LogP contribution in [-0.4, -0.2) is 18.9 Å². The lowest BCUT2D eigenvalue weighted by atomic mass is 10.0. The van der Waals surface area contributed by atoms with Gasteiger partial charge in [0, 0.05) is 31.6 Å². The molecule has 16 heavy (non-hydrogen) atoms. The third-order valence-corrected chi connectivity index (χ3v) is 3.27. The number of carbonyl (C=O) groups is 1. The molecule has 86 valence electrons. The fraction of sp³-hybridized carbons (Fsp3) is 0.500. The number of carbonyl (C=O) groups excluding carboxylic acids is 1. The van der Waals surface area contributed by atoms with Crippen LogP contribution in [0.5, 0.6) is 0 Å². The lowest BCUT2D eigenvalue weighted by Gasteiger charge is -2.31. The van der Waals surface area contributed by atoms with Crippen molar-refractivity contribution >= 4 is 11.5 Å². The normalized spacial score (nSPS) is 16.7. The van der Waals surface area contributed by atoms with Gasteiger partial charge in [-0.2, -0.15) is 0 Å². The molecule has 1 saturated heterocycles. The number of piperidine rings is 1. The molecule has 1 heterocycles. The van der Waals surface area contributed by atoms with E-state index in [2.05, 4.69) is 37.8 Å². The second kappa shape index (κ2) is 4.28. The number of rotatable bonds is 1. The molecular formula is C14H19NO. The Hall–Kier alpha value is -1.31. The van der Waals surface area contributed by atoms with E-state index in [0.717, 1.165) is 13.1 Å². The largest absolute Gasteiger partial charge is 0.370 e. The summed E-state index contributed by atoms with van der Waals surface area (Å²) in [6.45, 7) is 8.20. The van der Waals surface area contributed by atoms with Crippen LogP contribution >= 0.6 is 0 Å². The van der Waals surface area contributed by atoms with Gasteiger partial charge in [0.05, 0.1) is 0 Å². The summed E-state index contributed by atoms with van der Waals surface area (Å²) in [6, 6.07) is 4.44. The van der Waals surface area contributed by atoms with Gasteiger partial charge in [-0.3, -0.25) is 4.79 Å². The first-order valence-corrected chi connectivity index (χ1v) is 5.92. The molecule has 0 bridgehead atoms. The molecule has 1 aromatic carbocycles. The number of aryl methyl sites for hydroxylation is 3. The third kappa shape index (κ3) is 2.11. The highest BCUT2D eigenvalue weighted by atomic mass is 16.1. The molecular weight excluding hydrogens is 198 g/mol. The number of hydrogen-bond donors (Lipinski definition) is 0. The number of anilines is 1. The highest BCUT2D eigenvalue weighted by molar-refractivity contribution is 5.81. The molecule has 0 aromatic heterocycles. The number of hydrogen-bond acceptors (Lipinski definition) is 2. The summed E-state index contributed by atoms with van der Waals surface area (Å²) in [4.78, 5) is 13.6. The quantitative estimate of drug-likeness (QED) is 0.721. The van der Waals surface area contributed by atoms with Crippen LogP contribution in [0.1, 0.15) is 29.5 Å². The summed E-state index contributed by atoms with van der Waals surface area (Å²) in [5.41, 5.74) is 5.30. The van der Waals surface area contributed by atoms with Crippen molar-refractivity contribution in [2.45, 2.75) is 33.6 Å². The maximum atomic E-state index is 11.2. The predicted octanol–water partition coefficient (Wildman–Crippen LogP) is 2.78. The molecule has 1 fully saturated rings. The molecule has 2 nitrogen and oxygen atoms in total. The van der Waals surface area contributed by atoms with Crippen molar-refractivity contribution in [2.75, 3.05) is 18.0 Å². The van der Waals surface area contributed by atoms with Crippen LogP contribution in [0.4, 0.5) is 5.69 Å². The SMILES string of the molecule is Cc1cc(C)c(N2CCC(=O)CC2)c(C)c1. The summed E-state index contributed by atoms with van der Waals surface area (Å²) in [7, 11) is 0. The Balaban J connectivity index is 2.30. The van der Waals surface area contributed by atoms with Gasteiger partial charge in [0.2, 0.25) is 0 Å². The summed E-state index contributed by atoms with van der Waals surface area (Å²) in [5, 5.41) is 0. The standard InChI is InChI=1S/C14H19NO/c1-10-8-11(2)14(12(3)9-10)15-6-4-13(16)5-7-15/h8-9H,4-7H2,1-3H3. The minimum atomic E-state index is 0.402. The lowest BCUT2D eigenvalue weighted by Crippen LogP contribution is -2.34. The van der Waals surface area contributed by atoms with E-state index >= 15 is 0 Å². The molecule has 0 unspecified atom stereocenters. The Labute approximate surface area is 97.3 Å². The van der Waals surface area contributed by atoms with Gasteiger partial charge in [0.1, 0.15) is 5.78 Å². The van der Waals surface area contributed by atoms with E-state index in [1.165, 1.54) is 22.4 Å². The molecule has 0 radical (unpaired) electrons. The van der Waals surface area contributed by atoms with Gasteiger partial charge in [-0.15, -0.1) is 0 Å². The fourth-order valence-electron chi connectivity index (χ4n) is 2.65. The smallest absolute Gasteiger partial charge is 0.136 e. The Morgan fingerprint density at radius 3 is 2.00 bits per heavy atom. The zero-order valence-electron chi connectivity index (χ0n) is 10.3. The maximum absolute atomic E-state index is 11.2. The number of Topliss-reactive ketones (excluding diaryl/α,β-unsaturated/α-hetero) is 1. The van der Waals surface area contributed by atoms with E-state index in [-0.39, 0.29) is 0 Å². The number of nitrogens with zero attached hydrogens (tertiary/aromatic N) is 1. The van der Waals surface area contributed by atoms with Crippen molar-refractivity contribution < 1.29 is 4.79 Å². The Morgan fingerprint density at radius 2 is 1.50 bits per heavy atom. The second-order valence-corrected chi connectivity index (χ2v) is 4.77. The first-order valence-electron chi connectivity index (χ1n) is 5.92. The summed E-state index contributed by atoms with van der Waals surface area (Å²) in [5.74, 6) is 0.402. The summed E-state index contributed by atoms with van der Waals surface area (Å²) in [6.07, 6.45) is 1.40. The van der Waals surface area contributed by atoms with Crippen LogP contribution in [-0.2, 0) is 4.79 Å². The van der Waals surface area contributed by atoms with E-state index < -0.39 is 0 Å². The van der Waals surface area contributed by atoms with Crippen LogP contribution < -0.4 is 4.90 Å². The van der Waals surface area contributed by atoms with E-state index in [0.29, 0.717) is 18.6 Å². The van der Waals surface area contributed by atoms with Gasteiger partial charge in [0.25, 0.3) is 0 Å². The highest BCUT2D eigenvalue weighted by Crippen LogP contribution is 2.28. The Morgan fingerprint density at radius 1 is 1.00 bits per heavy atom. The van der Waals surface area contributed by atoms with Crippen molar-refractivity contribution in [3.8, 4) is 0 Å². The van der Waals surface area contributed by atoms with Gasteiger partial charge >= 0.3 is 0 Å². The van der Waals surface area contributed by atoms with Crippen molar-refractivity contribution in [2.24, 2.45) is 0 Å². The average Bonchev–Trinajstić information content (AvgIpc) is 2.19. The lowest BCUT2D eigenvalue weighted by molar-refractivity contribution is -0.119. The molecule has 2 rings (SSSR count). The van der Waals surface area contributed by atoms with Crippen LogP contribution in [0.2, 0.25) is 0 Å². The van der Waals surface area contributed by atoms with Crippen molar-refractivity contribution in [3.63, 3.8) is 0 Å². The fourth-order valence-corrected chi connectivity index (χ4v) is 2.65. The zero-order chi connectivity index (χ0) is 11.7. The molecule has 0 saturated carbocycles. The van der Waals surface area contributed by atoms with Gasteiger partial charge in [-0.25, -0.2) is 0 Å². The Bertz CT molecular complexity index is 390. The average molecular weight is 217 g/mol. The first-order chi connectivity index (χ1) is 7.58. The minimum Gasteiger partial charge on any atom is -0.370 e. The van der Waals surface area contributed by atoms with Crippen LogP contribution in [0, 0.1) is 20.8 Å². The first kappa shape index (κ1) is 11.2. The van der Waals surface area contributed by atoms with Crippen LogP contribution in [0.15, 0.2) is 12.1 Å².